The second-order valence-corrected chi connectivity index (χ2v) is 7.42. The van der Waals surface area contributed by atoms with Gasteiger partial charge in [-0.05, 0) is 18.8 Å². The van der Waals surface area contributed by atoms with Crippen LogP contribution < -0.4 is 16.0 Å². The van der Waals surface area contributed by atoms with Crippen molar-refractivity contribution in [1.29, 1.82) is 0 Å². The van der Waals surface area contributed by atoms with E-state index in [0.29, 0.717) is 25.4 Å². The predicted octanol–water partition coefficient (Wildman–Crippen LogP) is 3.44. The molecule has 0 unspecified atom stereocenters. The van der Waals surface area contributed by atoms with Crippen LogP contribution in [-0.4, -0.2) is 33.9 Å². The van der Waals surface area contributed by atoms with Gasteiger partial charge < -0.3 is 16.0 Å². The number of carbonyl (C=O) groups excluding carboxylic acids is 1. The summed E-state index contributed by atoms with van der Waals surface area (Å²) in [6.45, 7) is 5.06. The number of aryl methyl sites for hydroxylation is 1. The normalized spacial score (nSPS) is 13.9. The van der Waals surface area contributed by atoms with Gasteiger partial charge >= 0.3 is 0 Å². The average Bonchev–Trinajstić information content (AvgIpc) is 3.04. The minimum absolute atomic E-state index is 0.0529. The highest BCUT2D eigenvalue weighted by atomic mass is 32.1. The maximum atomic E-state index is 11.3. The molecular weight excluding hydrogens is 348 g/mol. The summed E-state index contributed by atoms with van der Waals surface area (Å²) in [5.41, 5.74) is 0. The Hall–Kier alpha value is -2.22. The van der Waals surface area contributed by atoms with Crippen LogP contribution in [0.3, 0.4) is 0 Å². The first-order valence-corrected chi connectivity index (χ1v) is 10.1. The SMILES string of the molecule is CCC(=O)NCCNc1cc(Nc2ncc(C3CCC3)s2)nc(CC)n1. The van der Waals surface area contributed by atoms with Gasteiger partial charge in [0.15, 0.2) is 5.13 Å². The summed E-state index contributed by atoms with van der Waals surface area (Å²) in [4.78, 5) is 26.1. The van der Waals surface area contributed by atoms with Gasteiger partial charge in [-0.1, -0.05) is 20.3 Å². The molecule has 0 spiro atoms. The topological polar surface area (TPSA) is 91.8 Å². The predicted molar refractivity (Wildman–Crippen MR) is 105 cm³/mol. The third-order valence-corrected chi connectivity index (χ3v) is 5.50. The fourth-order valence-electron chi connectivity index (χ4n) is 2.66. The van der Waals surface area contributed by atoms with Crippen LogP contribution in [0.2, 0.25) is 0 Å². The van der Waals surface area contributed by atoms with Crippen molar-refractivity contribution in [2.75, 3.05) is 23.7 Å². The molecular formula is C18H26N6OS. The lowest BCUT2D eigenvalue weighted by atomic mass is 9.85. The van der Waals surface area contributed by atoms with E-state index < -0.39 is 0 Å². The molecule has 1 aliphatic carbocycles. The van der Waals surface area contributed by atoms with Crippen molar-refractivity contribution in [2.45, 2.75) is 51.9 Å². The maximum Gasteiger partial charge on any atom is 0.219 e. The van der Waals surface area contributed by atoms with Crippen LogP contribution in [0.1, 0.15) is 56.2 Å². The lowest BCUT2D eigenvalue weighted by molar-refractivity contribution is -0.120. The second-order valence-electron chi connectivity index (χ2n) is 6.36. The zero-order valence-corrected chi connectivity index (χ0v) is 16.2. The first-order chi connectivity index (χ1) is 12.7. The van der Waals surface area contributed by atoms with E-state index in [4.69, 9.17) is 0 Å². The van der Waals surface area contributed by atoms with Crippen molar-refractivity contribution in [1.82, 2.24) is 20.3 Å². The van der Waals surface area contributed by atoms with Crippen LogP contribution in [0, 0.1) is 0 Å². The lowest BCUT2D eigenvalue weighted by Crippen LogP contribution is -2.28. The Morgan fingerprint density at radius 3 is 2.73 bits per heavy atom. The summed E-state index contributed by atoms with van der Waals surface area (Å²) in [5, 5.41) is 10.3. The van der Waals surface area contributed by atoms with E-state index in [1.165, 1.54) is 24.1 Å². The summed E-state index contributed by atoms with van der Waals surface area (Å²) in [6.07, 6.45) is 7.11. The van der Waals surface area contributed by atoms with Crippen LogP contribution in [0.25, 0.3) is 0 Å². The minimum atomic E-state index is 0.0529. The largest absolute Gasteiger partial charge is 0.368 e. The van der Waals surface area contributed by atoms with Gasteiger partial charge in [-0.25, -0.2) is 15.0 Å². The Morgan fingerprint density at radius 1 is 1.23 bits per heavy atom. The molecule has 1 amide bonds. The number of amides is 1. The molecule has 1 saturated carbocycles. The minimum Gasteiger partial charge on any atom is -0.368 e. The molecule has 26 heavy (non-hydrogen) atoms. The van der Waals surface area contributed by atoms with Crippen LogP contribution in [0.5, 0.6) is 0 Å². The van der Waals surface area contributed by atoms with Crippen molar-refractivity contribution >= 4 is 34.0 Å². The van der Waals surface area contributed by atoms with Crippen molar-refractivity contribution in [3.05, 3.63) is 23.0 Å². The number of anilines is 3. The maximum absolute atomic E-state index is 11.3. The van der Waals surface area contributed by atoms with Crippen molar-refractivity contribution < 1.29 is 4.79 Å². The standard InChI is InChI=1S/C18H26N6OS/c1-3-14-22-15(19-8-9-20-17(25)4-2)10-16(23-14)24-18-21-11-13(26-18)12-6-5-7-12/h10-12H,3-9H2,1-2H3,(H,20,25)(H2,19,21,22,23,24). The second kappa shape index (κ2) is 8.93. The van der Waals surface area contributed by atoms with Gasteiger partial charge in [-0.15, -0.1) is 11.3 Å². The van der Waals surface area contributed by atoms with Gasteiger partial charge in [0.2, 0.25) is 5.91 Å². The number of nitrogens with one attached hydrogen (secondary N) is 3. The van der Waals surface area contributed by atoms with E-state index >= 15 is 0 Å². The summed E-state index contributed by atoms with van der Waals surface area (Å²) in [7, 11) is 0. The van der Waals surface area contributed by atoms with Crippen LogP contribution in [-0.2, 0) is 11.2 Å². The molecule has 0 radical (unpaired) electrons. The molecule has 0 aliphatic heterocycles. The molecule has 0 aromatic carbocycles. The Balaban J connectivity index is 1.61. The monoisotopic (exact) mass is 374 g/mol. The number of hydrogen-bond donors (Lipinski definition) is 3. The molecule has 140 valence electrons. The van der Waals surface area contributed by atoms with E-state index in [0.717, 1.165) is 29.0 Å². The van der Waals surface area contributed by atoms with E-state index in [1.807, 2.05) is 26.1 Å². The summed E-state index contributed by atoms with van der Waals surface area (Å²) in [6, 6.07) is 1.88. The highest BCUT2D eigenvalue weighted by Crippen LogP contribution is 2.40. The van der Waals surface area contributed by atoms with Crippen LogP contribution in [0.15, 0.2) is 12.3 Å². The molecule has 1 aliphatic rings. The third kappa shape index (κ3) is 4.91. The van der Waals surface area contributed by atoms with E-state index in [1.54, 1.807) is 11.3 Å². The molecule has 0 bridgehead atoms. The van der Waals surface area contributed by atoms with Gasteiger partial charge in [0.25, 0.3) is 0 Å². The highest BCUT2D eigenvalue weighted by Gasteiger charge is 2.21. The smallest absolute Gasteiger partial charge is 0.219 e. The zero-order valence-electron chi connectivity index (χ0n) is 15.3. The quantitative estimate of drug-likeness (QED) is 0.582. The Labute approximate surface area is 158 Å². The van der Waals surface area contributed by atoms with Crippen molar-refractivity contribution in [2.24, 2.45) is 0 Å². The van der Waals surface area contributed by atoms with E-state index in [-0.39, 0.29) is 5.91 Å². The molecule has 7 nitrogen and oxygen atoms in total. The van der Waals surface area contributed by atoms with Crippen molar-refractivity contribution in [3.63, 3.8) is 0 Å². The van der Waals surface area contributed by atoms with Crippen molar-refractivity contribution in [3.8, 4) is 0 Å². The Morgan fingerprint density at radius 2 is 2.04 bits per heavy atom. The number of thiazole rings is 1. The highest BCUT2D eigenvalue weighted by molar-refractivity contribution is 7.15. The molecule has 1 fully saturated rings. The lowest BCUT2D eigenvalue weighted by Gasteiger charge is -2.23. The van der Waals surface area contributed by atoms with Crippen LogP contribution in [0.4, 0.5) is 16.8 Å². The van der Waals surface area contributed by atoms with Gasteiger partial charge in [-0.2, -0.15) is 0 Å². The number of hydrogen-bond acceptors (Lipinski definition) is 7. The number of aromatic nitrogens is 3. The van der Waals surface area contributed by atoms with Gasteiger partial charge in [-0.3, -0.25) is 4.79 Å². The van der Waals surface area contributed by atoms with E-state index in [2.05, 4.69) is 30.9 Å². The summed E-state index contributed by atoms with van der Waals surface area (Å²) < 4.78 is 0. The molecule has 2 heterocycles. The first kappa shape index (κ1) is 18.6. The third-order valence-electron chi connectivity index (χ3n) is 4.43. The van der Waals surface area contributed by atoms with Gasteiger partial charge in [0.1, 0.15) is 17.5 Å². The first-order valence-electron chi connectivity index (χ1n) is 9.29. The number of carbonyl (C=O) groups is 1. The van der Waals surface area contributed by atoms with Gasteiger partial charge in [0, 0.05) is 43.1 Å². The Kier molecular flexibility index (Phi) is 6.38. The molecule has 0 atom stereocenters. The number of rotatable bonds is 9. The summed E-state index contributed by atoms with van der Waals surface area (Å²) in [5.74, 6) is 3.01. The van der Waals surface area contributed by atoms with Gasteiger partial charge in [0.05, 0.1) is 0 Å². The molecule has 0 saturated heterocycles. The molecule has 2 aromatic heterocycles. The van der Waals surface area contributed by atoms with E-state index in [9.17, 15) is 4.79 Å². The molecule has 3 N–H and O–H groups in total. The fourth-order valence-corrected chi connectivity index (χ4v) is 3.65. The molecule has 2 aromatic rings. The fraction of sp³-hybridized carbons (Fsp3) is 0.556. The zero-order chi connectivity index (χ0) is 18.4. The Bertz CT molecular complexity index is 743. The average molecular weight is 375 g/mol. The summed E-state index contributed by atoms with van der Waals surface area (Å²) >= 11 is 1.71. The molecule has 3 rings (SSSR count). The number of nitrogens with zero attached hydrogens (tertiary/aromatic N) is 3. The molecule has 8 heteroatoms. The van der Waals surface area contributed by atoms with Crippen LogP contribution >= 0.6 is 11.3 Å².